The minimum atomic E-state index is -0.260. The molecular weight excluding hydrogens is 277 g/mol. The molecule has 0 aromatic heterocycles. The summed E-state index contributed by atoms with van der Waals surface area (Å²) in [7, 11) is 1.70. The maximum Gasteiger partial charge on any atom is 0.127 e. The number of ether oxygens (including phenoxy) is 1. The molecule has 0 bridgehead atoms. The van der Waals surface area contributed by atoms with Crippen molar-refractivity contribution < 1.29 is 9.13 Å². The topological polar surface area (TPSA) is 21.3 Å². The Morgan fingerprint density at radius 2 is 2.00 bits per heavy atom. The molecule has 0 aliphatic rings. The second-order valence-corrected chi connectivity index (χ2v) is 6.50. The van der Waals surface area contributed by atoms with Crippen LogP contribution in [0.4, 0.5) is 4.39 Å². The van der Waals surface area contributed by atoms with Gasteiger partial charge in [0.2, 0.25) is 0 Å². The van der Waals surface area contributed by atoms with E-state index in [2.05, 4.69) is 26.1 Å². The Bertz CT molecular complexity index is 411. The molecule has 2 atom stereocenters. The normalized spacial score (nSPS) is 15.2. The average Bonchev–Trinajstić information content (AvgIpc) is 2.33. The van der Waals surface area contributed by atoms with Crippen LogP contribution in [0.2, 0.25) is 5.02 Å². The van der Waals surface area contributed by atoms with Crippen LogP contribution in [-0.2, 0) is 11.2 Å². The molecule has 0 spiro atoms. The number of hydrogen-bond donors (Lipinski definition) is 1. The van der Waals surface area contributed by atoms with E-state index in [-0.39, 0.29) is 23.4 Å². The van der Waals surface area contributed by atoms with Crippen LogP contribution in [0.15, 0.2) is 18.2 Å². The highest BCUT2D eigenvalue weighted by atomic mass is 35.5. The van der Waals surface area contributed by atoms with Crippen molar-refractivity contribution in [2.24, 2.45) is 5.41 Å². The van der Waals surface area contributed by atoms with Crippen LogP contribution in [0.3, 0.4) is 0 Å². The van der Waals surface area contributed by atoms with Crippen molar-refractivity contribution in [2.75, 3.05) is 13.7 Å². The lowest BCUT2D eigenvalue weighted by molar-refractivity contribution is -0.0108. The quantitative estimate of drug-likeness (QED) is 0.855. The number of rotatable bonds is 6. The van der Waals surface area contributed by atoms with E-state index < -0.39 is 0 Å². The van der Waals surface area contributed by atoms with Crippen molar-refractivity contribution in [3.05, 3.63) is 34.6 Å². The minimum absolute atomic E-state index is 0.0133. The SMILES string of the molecule is CCNC(Cc1c(F)cccc1Cl)C(OC)C(C)(C)C. The maximum atomic E-state index is 14.0. The van der Waals surface area contributed by atoms with Crippen LogP contribution in [0, 0.1) is 11.2 Å². The second kappa shape index (κ2) is 7.39. The summed E-state index contributed by atoms with van der Waals surface area (Å²) in [6, 6.07) is 4.81. The molecule has 0 radical (unpaired) electrons. The Morgan fingerprint density at radius 1 is 1.35 bits per heavy atom. The van der Waals surface area contributed by atoms with Crippen LogP contribution in [0.1, 0.15) is 33.3 Å². The van der Waals surface area contributed by atoms with Crippen LogP contribution in [-0.4, -0.2) is 25.8 Å². The van der Waals surface area contributed by atoms with Gasteiger partial charge in [0.25, 0.3) is 0 Å². The molecule has 114 valence electrons. The molecule has 4 heteroatoms. The van der Waals surface area contributed by atoms with Gasteiger partial charge in [-0.1, -0.05) is 45.4 Å². The first-order chi connectivity index (χ1) is 9.31. The largest absolute Gasteiger partial charge is 0.379 e. The molecule has 2 nitrogen and oxygen atoms in total. The van der Waals surface area contributed by atoms with E-state index in [0.717, 1.165) is 6.54 Å². The van der Waals surface area contributed by atoms with Gasteiger partial charge in [-0.25, -0.2) is 4.39 Å². The van der Waals surface area contributed by atoms with Gasteiger partial charge in [-0.3, -0.25) is 0 Å². The molecule has 1 rings (SSSR count). The third kappa shape index (κ3) is 4.44. The van der Waals surface area contributed by atoms with Gasteiger partial charge < -0.3 is 10.1 Å². The van der Waals surface area contributed by atoms with Gasteiger partial charge in [-0.2, -0.15) is 0 Å². The van der Waals surface area contributed by atoms with Gasteiger partial charge in [-0.05, 0) is 30.5 Å². The lowest BCUT2D eigenvalue weighted by Gasteiger charge is -2.36. The van der Waals surface area contributed by atoms with E-state index in [9.17, 15) is 4.39 Å². The van der Waals surface area contributed by atoms with E-state index in [1.807, 2.05) is 6.92 Å². The second-order valence-electron chi connectivity index (χ2n) is 6.09. The minimum Gasteiger partial charge on any atom is -0.379 e. The fraction of sp³-hybridized carbons (Fsp3) is 0.625. The average molecular weight is 302 g/mol. The van der Waals surface area contributed by atoms with Crippen molar-refractivity contribution in [3.63, 3.8) is 0 Å². The molecule has 0 heterocycles. The lowest BCUT2D eigenvalue weighted by atomic mass is 9.82. The Kier molecular flexibility index (Phi) is 6.44. The van der Waals surface area contributed by atoms with Gasteiger partial charge >= 0.3 is 0 Å². The zero-order valence-corrected chi connectivity index (χ0v) is 13.7. The van der Waals surface area contributed by atoms with E-state index in [1.54, 1.807) is 19.2 Å². The molecule has 1 aromatic carbocycles. The molecule has 1 N–H and O–H groups in total. The smallest absolute Gasteiger partial charge is 0.127 e. The van der Waals surface area contributed by atoms with E-state index in [1.165, 1.54) is 6.07 Å². The molecule has 0 saturated heterocycles. The molecule has 1 aromatic rings. The highest BCUT2D eigenvalue weighted by Crippen LogP contribution is 2.28. The van der Waals surface area contributed by atoms with Crippen molar-refractivity contribution in [1.29, 1.82) is 0 Å². The van der Waals surface area contributed by atoms with Crippen molar-refractivity contribution in [3.8, 4) is 0 Å². The first-order valence-corrected chi connectivity index (χ1v) is 7.38. The summed E-state index contributed by atoms with van der Waals surface area (Å²) >= 11 is 6.13. The highest BCUT2D eigenvalue weighted by Gasteiger charge is 2.32. The number of methoxy groups -OCH3 is 1. The summed E-state index contributed by atoms with van der Waals surface area (Å²) in [4.78, 5) is 0. The van der Waals surface area contributed by atoms with Gasteiger partial charge in [0, 0.05) is 23.7 Å². The molecule has 0 aliphatic carbocycles. The van der Waals surface area contributed by atoms with Gasteiger partial charge in [0.15, 0.2) is 0 Å². The summed E-state index contributed by atoms with van der Waals surface area (Å²) in [5.41, 5.74) is 0.505. The predicted molar refractivity (Wildman–Crippen MR) is 82.8 cm³/mol. The van der Waals surface area contributed by atoms with Crippen LogP contribution < -0.4 is 5.32 Å². The molecular formula is C16H25ClFNO. The van der Waals surface area contributed by atoms with Gasteiger partial charge in [0.05, 0.1) is 6.10 Å². The zero-order chi connectivity index (χ0) is 15.3. The summed E-state index contributed by atoms with van der Waals surface area (Å²) in [6.45, 7) is 9.19. The number of hydrogen-bond acceptors (Lipinski definition) is 2. The molecule has 2 unspecified atom stereocenters. The summed E-state index contributed by atoms with van der Waals surface area (Å²) in [6.07, 6.45) is 0.480. The third-order valence-corrected chi connectivity index (χ3v) is 3.78. The zero-order valence-electron chi connectivity index (χ0n) is 13.0. The van der Waals surface area contributed by atoms with Crippen molar-refractivity contribution >= 4 is 11.6 Å². The van der Waals surface area contributed by atoms with Gasteiger partial charge in [0.1, 0.15) is 5.82 Å². The number of nitrogens with one attached hydrogen (secondary N) is 1. The molecule has 0 fully saturated rings. The first-order valence-electron chi connectivity index (χ1n) is 7.00. The monoisotopic (exact) mass is 301 g/mol. The summed E-state index contributed by atoms with van der Waals surface area (Å²) < 4.78 is 19.6. The van der Waals surface area contributed by atoms with Crippen LogP contribution >= 0.6 is 11.6 Å². The first kappa shape index (κ1) is 17.4. The number of halogens is 2. The van der Waals surface area contributed by atoms with E-state index >= 15 is 0 Å². The van der Waals surface area contributed by atoms with E-state index in [0.29, 0.717) is 17.0 Å². The standard InChI is InChI=1S/C16H25ClFNO/c1-6-19-14(15(20-5)16(2,3)4)10-11-12(17)8-7-9-13(11)18/h7-9,14-15,19H,6,10H2,1-5H3. The Labute approximate surface area is 126 Å². The maximum absolute atomic E-state index is 14.0. The Morgan fingerprint density at radius 3 is 2.45 bits per heavy atom. The van der Waals surface area contributed by atoms with Crippen LogP contribution in [0.25, 0.3) is 0 Å². The lowest BCUT2D eigenvalue weighted by Crippen LogP contribution is -2.49. The molecule has 0 saturated carbocycles. The Balaban J connectivity index is 3.03. The summed E-state index contributed by atoms with van der Waals surface area (Å²) in [5, 5.41) is 3.86. The fourth-order valence-electron chi connectivity index (χ4n) is 2.62. The predicted octanol–water partition coefficient (Wildman–Crippen LogP) is 4.06. The Hall–Kier alpha value is -0.640. The van der Waals surface area contributed by atoms with Gasteiger partial charge in [-0.15, -0.1) is 0 Å². The fourth-order valence-corrected chi connectivity index (χ4v) is 2.86. The third-order valence-electron chi connectivity index (χ3n) is 3.42. The highest BCUT2D eigenvalue weighted by molar-refractivity contribution is 6.31. The summed E-state index contributed by atoms with van der Waals surface area (Å²) in [5.74, 6) is -0.260. The molecule has 20 heavy (non-hydrogen) atoms. The number of likely N-dealkylation sites (N-methyl/N-ethyl adjacent to an activating group) is 1. The van der Waals surface area contributed by atoms with Crippen molar-refractivity contribution in [2.45, 2.75) is 46.3 Å². The van der Waals surface area contributed by atoms with Crippen LogP contribution in [0.5, 0.6) is 0 Å². The number of benzene rings is 1. The molecule has 0 amide bonds. The van der Waals surface area contributed by atoms with Crippen molar-refractivity contribution in [1.82, 2.24) is 5.32 Å². The molecule has 0 aliphatic heterocycles. The van der Waals surface area contributed by atoms with E-state index in [4.69, 9.17) is 16.3 Å².